The average Bonchev–Trinajstić information content (AvgIpc) is 3.28. The van der Waals surface area contributed by atoms with Gasteiger partial charge in [-0.3, -0.25) is 9.36 Å². The average molecular weight is 442 g/mol. The fourth-order valence-corrected chi connectivity index (χ4v) is 4.34. The minimum atomic E-state index is -0.632. The van der Waals surface area contributed by atoms with Gasteiger partial charge in [0.05, 0.1) is 17.2 Å². The summed E-state index contributed by atoms with van der Waals surface area (Å²) in [5.41, 5.74) is 12.2. The molecule has 9 nitrogen and oxygen atoms in total. The van der Waals surface area contributed by atoms with Gasteiger partial charge in [-0.1, -0.05) is 24.3 Å². The zero-order valence-corrected chi connectivity index (χ0v) is 17.4. The number of halogens is 1. The molecule has 0 amide bonds. The van der Waals surface area contributed by atoms with Gasteiger partial charge in [0, 0.05) is 6.54 Å². The molecule has 0 aliphatic carbocycles. The Morgan fingerprint density at radius 1 is 1.06 bits per heavy atom. The maximum atomic E-state index is 14.6. The smallest absolute Gasteiger partial charge is 0.269 e. The topological polar surface area (TPSA) is 140 Å². The van der Waals surface area contributed by atoms with E-state index in [0.717, 1.165) is 6.42 Å². The van der Waals surface area contributed by atoms with Crippen molar-refractivity contribution in [1.82, 2.24) is 19.5 Å². The molecule has 1 saturated heterocycles. The van der Waals surface area contributed by atoms with Crippen LogP contribution in [0.1, 0.15) is 30.3 Å². The van der Waals surface area contributed by atoms with Crippen molar-refractivity contribution in [3.63, 3.8) is 0 Å². The van der Waals surface area contributed by atoms with Crippen LogP contribution in [-0.4, -0.2) is 26.1 Å². The molecule has 10 heteroatoms. The van der Waals surface area contributed by atoms with Crippen molar-refractivity contribution in [3.8, 4) is 11.8 Å². The minimum absolute atomic E-state index is 0.0142. The third-order valence-electron chi connectivity index (χ3n) is 5.76. The molecule has 164 valence electrons. The molecule has 0 saturated carbocycles. The highest BCUT2D eigenvalue weighted by Crippen LogP contribution is 2.38. The minimum Gasteiger partial charge on any atom is -0.382 e. The number of hydrogen-bond donors (Lipinski definition) is 2. The van der Waals surface area contributed by atoms with Crippen LogP contribution in [0.4, 0.5) is 22.0 Å². The lowest BCUT2D eigenvalue weighted by molar-refractivity contribution is 0.621. The second kappa shape index (κ2) is 7.87. The van der Waals surface area contributed by atoms with Gasteiger partial charge in [-0.2, -0.15) is 15.2 Å². The molecule has 1 fully saturated rings. The van der Waals surface area contributed by atoms with E-state index in [9.17, 15) is 14.4 Å². The first kappa shape index (κ1) is 20.4. The van der Waals surface area contributed by atoms with Crippen molar-refractivity contribution in [2.24, 2.45) is 0 Å². The number of nitriles is 1. The van der Waals surface area contributed by atoms with E-state index in [4.69, 9.17) is 16.5 Å². The van der Waals surface area contributed by atoms with E-state index >= 15 is 0 Å². The Morgan fingerprint density at radius 2 is 1.85 bits per heavy atom. The van der Waals surface area contributed by atoms with Crippen molar-refractivity contribution in [3.05, 3.63) is 76.1 Å². The lowest BCUT2D eigenvalue weighted by Crippen LogP contribution is -2.33. The summed E-state index contributed by atoms with van der Waals surface area (Å²) in [7, 11) is 0. The molecule has 2 aromatic heterocycles. The van der Waals surface area contributed by atoms with Crippen LogP contribution in [0.5, 0.6) is 0 Å². The van der Waals surface area contributed by atoms with E-state index in [2.05, 4.69) is 9.97 Å². The Balaban J connectivity index is 1.79. The van der Waals surface area contributed by atoms with Crippen LogP contribution < -0.4 is 21.9 Å². The number of benzene rings is 2. The number of rotatable bonds is 3. The zero-order chi connectivity index (χ0) is 23.1. The molecule has 2 aromatic carbocycles. The number of hydrogen-bond acceptors (Lipinski definition) is 8. The quantitative estimate of drug-likeness (QED) is 0.494. The summed E-state index contributed by atoms with van der Waals surface area (Å²) in [5.74, 6) is 0.00745. The van der Waals surface area contributed by atoms with Crippen molar-refractivity contribution in [2.45, 2.75) is 18.9 Å². The molecule has 5 rings (SSSR count). The predicted octanol–water partition coefficient (Wildman–Crippen LogP) is 2.69. The highest BCUT2D eigenvalue weighted by molar-refractivity contribution is 5.79. The Bertz CT molecular complexity index is 1480. The summed E-state index contributed by atoms with van der Waals surface area (Å²) in [6.45, 7) is 0.543. The summed E-state index contributed by atoms with van der Waals surface area (Å²) < 4.78 is 16.1. The summed E-state index contributed by atoms with van der Waals surface area (Å²) in [5, 5.41) is 9.59. The van der Waals surface area contributed by atoms with Gasteiger partial charge in [0.15, 0.2) is 5.82 Å². The maximum Gasteiger partial charge on any atom is 0.269 e. The third-order valence-corrected chi connectivity index (χ3v) is 5.76. The predicted molar refractivity (Wildman–Crippen MR) is 122 cm³/mol. The molecule has 33 heavy (non-hydrogen) atoms. The molecule has 1 unspecified atom stereocenters. The normalized spacial score (nSPS) is 15.6. The maximum absolute atomic E-state index is 14.6. The van der Waals surface area contributed by atoms with E-state index in [1.165, 1.54) is 16.7 Å². The molecule has 4 aromatic rings. The van der Waals surface area contributed by atoms with E-state index in [1.807, 2.05) is 17.0 Å². The first-order valence-corrected chi connectivity index (χ1v) is 10.4. The first-order chi connectivity index (χ1) is 16.0. The molecule has 4 N–H and O–H groups in total. The Labute approximate surface area is 187 Å². The van der Waals surface area contributed by atoms with Gasteiger partial charge < -0.3 is 16.4 Å². The van der Waals surface area contributed by atoms with Crippen molar-refractivity contribution in [1.29, 1.82) is 5.26 Å². The number of nitrogens with two attached hydrogens (primary N) is 2. The van der Waals surface area contributed by atoms with Gasteiger partial charge in [0.2, 0.25) is 5.95 Å². The summed E-state index contributed by atoms with van der Waals surface area (Å²) >= 11 is 0. The first-order valence-electron chi connectivity index (χ1n) is 10.4. The highest BCUT2D eigenvalue weighted by Gasteiger charge is 2.34. The number of anilines is 3. The van der Waals surface area contributed by atoms with Crippen LogP contribution in [0.25, 0.3) is 16.6 Å². The second-order valence-corrected chi connectivity index (χ2v) is 7.71. The SMILES string of the molecule is N#Cc1c(N)nc(N)nc1N1CCCC1c1nc2cccc(F)c2c(=O)n1-c1ccccc1. The monoisotopic (exact) mass is 442 g/mol. The fraction of sp³-hybridized carbons (Fsp3) is 0.174. The largest absolute Gasteiger partial charge is 0.382 e. The van der Waals surface area contributed by atoms with Gasteiger partial charge >= 0.3 is 0 Å². The number of para-hydroxylation sites is 1. The van der Waals surface area contributed by atoms with Crippen LogP contribution in [-0.2, 0) is 0 Å². The molecule has 1 aliphatic heterocycles. The molecule has 0 bridgehead atoms. The number of nitrogens with zero attached hydrogens (tertiary/aromatic N) is 6. The lowest BCUT2D eigenvalue weighted by atomic mass is 10.1. The number of aromatic nitrogens is 4. The molecular weight excluding hydrogens is 423 g/mol. The van der Waals surface area contributed by atoms with Crippen molar-refractivity contribution in [2.75, 3.05) is 22.9 Å². The third kappa shape index (κ3) is 3.30. The van der Waals surface area contributed by atoms with Crippen LogP contribution in [0.3, 0.4) is 0 Å². The Hall–Kier alpha value is -4.52. The number of nitrogen functional groups attached to an aromatic ring is 2. The van der Waals surface area contributed by atoms with E-state index in [0.29, 0.717) is 24.5 Å². The van der Waals surface area contributed by atoms with Gasteiger partial charge in [-0.15, -0.1) is 0 Å². The summed E-state index contributed by atoms with van der Waals surface area (Å²) in [6.07, 6.45) is 1.39. The Kier molecular flexibility index (Phi) is 4.86. The van der Waals surface area contributed by atoms with Gasteiger partial charge in [0.25, 0.3) is 5.56 Å². The van der Waals surface area contributed by atoms with Crippen molar-refractivity contribution >= 4 is 28.5 Å². The van der Waals surface area contributed by atoms with Crippen LogP contribution in [0.2, 0.25) is 0 Å². The summed E-state index contributed by atoms with van der Waals surface area (Å²) in [6, 6.07) is 14.9. The molecule has 1 atom stereocenters. The molecule has 1 aliphatic rings. The second-order valence-electron chi connectivity index (χ2n) is 7.71. The van der Waals surface area contributed by atoms with Crippen LogP contribution in [0, 0.1) is 17.1 Å². The number of fused-ring (bicyclic) bond motifs is 1. The van der Waals surface area contributed by atoms with Gasteiger partial charge in [-0.05, 0) is 37.1 Å². The lowest BCUT2D eigenvalue weighted by Gasteiger charge is -2.28. The van der Waals surface area contributed by atoms with Crippen molar-refractivity contribution < 1.29 is 4.39 Å². The van der Waals surface area contributed by atoms with E-state index < -0.39 is 17.4 Å². The van der Waals surface area contributed by atoms with E-state index in [-0.39, 0.29) is 34.1 Å². The highest BCUT2D eigenvalue weighted by atomic mass is 19.1. The summed E-state index contributed by atoms with van der Waals surface area (Å²) in [4.78, 5) is 28.3. The molecule has 3 heterocycles. The Morgan fingerprint density at radius 3 is 2.61 bits per heavy atom. The van der Waals surface area contributed by atoms with Gasteiger partial charge in [-0.25, -0.2) is 9.37 Å². The van der Waals surface area contributed by atoms with Gasteiger partial charge in [0.1, 0.15) is 34.5 Å². The molecule has 0 spiro atoms. The van der Waals surface area contributed by atoms with Crippen LogP contribution >= 0.6 is 0 Å². The fourth-order valence-electron chi connectivity index (χ4n) is 4.34. The molecule has 0 radical (unpaired) electrons. The van der Waals surface area contributed by atoms with E-state index in [1.54, 1.807) is 30.3 Å². The zero-order valence-electron chi connectivity index (χ0n) is 17.4. The standard InChI is InChI=1S/C23H19FN8O/c24-15-8-4-9-16-18(15)22(33)32(13-6-2-1-3-7-13)21(28-16)17-10-5-11-31(17)20-14(12-25)19(26)29-23(27)30-20/h1-4,6-9,17H,5,10-11H2,(H4,26,27,29,30). The van der Waals surface area contributed by atoms with Crippen LogP contribution in [0.15, 0.2) is 53.3 Å². The molecular formula is C23H19FN8O.